The monoisotopic (exact) mass is 247 g/mol. The molecule has 2 amide bonds. The molecule has 0 bridgehead atoms. The van der Waals surface area contributed by atoms with Crippen molar-refractivity contribution in [1.82, 2.24) is 5.32 Å². The molecule has 96 valence electrons. The van der Waals surface area contributed by atoms with E-state index in [1.807, 2.05) is 12.1 Å². The molecular formula is C13H17N3O2. The quantitative estimate of drug-likeness (QED) is 0.749. The lowest BCUT2D eigenvalue weighted by Gasteiger charge is -2.18. The van der Waals surface area contributed by atoms with Crippen LogP contribution in [0.4, 0.5) is 11.4 Å². The van der Waals surface area contributed by atoms with Gasteiger partial charge in [0.15, 0.2) is 0 Å². The highest BCUT2D eigenvalue weighted by atomic mass is 16.2. The van der Waals surface area contributed by atoms with Crippen molar-refractivity contribution in [3.63, 3.8) is 0 Å². The third-order valence-corrected chi connectivity index (χ3v) is 3.09. The van der Waals surface area contributed by atoms with E-state index < -0.39 is 0 Å². The number of carbonyl (C=O) groups is 2. The summed E-state index contributed by atoms with van der Waals surface area (Å²) in [4.78, 5) is 22.9. The number of anilines is 2. The zero-order valence-corrected chi connectivity index (χ0v) is 10.5. The Morgan fingerprint density at radius 2 is 2.17 bits per heavy atom. The number of amides is 2. The molecule has 5 nitrogen and oxygen atoms in total. The highest BCUT2D eigenvalue weighted by molar-refractivity contribution is 5.97. The van der Waals surface area contributed by atoms with Crippen molar-refractivity contribution >= 4 is 23.2 Å². The van der Waals surface area contributed by atoms with Gasteiger partial charge in [0.05, 0.1) is 6.04 Å². The molecule has 1 aliphatic rings. The van der Waals surface area contributed by atoms with Gasteiger partial charge in [-0.3, -0.25) is 9.59 Å². The number of aryl methyl sites for hydroxylation is 1. The standard InChI is InChI=1S/C13H17N3O2/c1-8(14-2)13(18)15-10-4-5-11-9(7-10)3-6-12(17)16-11/h4-5,7-8,14H,3,6H2,1-2H3,(H,15,18)(H,16,17). The first-order valence-electron chi connectivity index (χ1n) is 6.01. The van der Waals surface area contributed by atoms with Gasteiger partial charge in [-0.25, -0.2) is 0 Å². The fourth-order valence-corrected chi connectivity index (χ4v) is 1.84. The molecule has 0 radical (unpaired) electrons. The average Bonchev–Trinajstić information content (AvgIpc) is 2.38. The van der Waals surface area contributed by atoms with E-state index in [0.717, 1.165) is 16.9 Å². The predicted molar refractivity (Wildman–Crippen MR) is 70.5 cm³/mol. The fraction of sp³-hybridized carbons (Fsp3) is 0.385. The second-order valence-corrected chi connectivity index (χ2v) is 4.42. The first-order valence-corrected chi connectivity index (χ1v) is 6.01. The Kier molecular flexibility index (Phi) is 3.62. The molecule has 0 aromatic heterocycles. The summed E-state index contributed by atoms with van der Waals surface area (Å²) in [5, 5.41) is 8.53. The number of rotatable bonds is 3. The summed E-state index contributed by atoms with van der Waals surface area (Å²) in [7, 11) is 1.74. The van der Waals surface area contributed by atoms with E-state index in [2.05, 4.69) is 16.0 Å². The van der Waals surface area contributed by atoms with E-state index in [0.29, 0.717) is 12.8 Å². The summed E-state index contributed by atoms with van der Waals surface area (Å²) < 4.78 is 0. The van der Waals surface area contributed by atoms with Gasteiger partial charge >= 0.3 is 0 Å². The number of carbonyl (C=O) groups excluding carboxylic acids is 2. The van der Waals surface area contributed by atoms with Crippen LogP contribution < -0.4 is 16.0 Å². The summed E-state index contributed by atoms with van der Waals surface area (Å²) in [5.41, 5.74) is 2.66. The minimum Gasteiger partial charge on any atom is -0.326 e. The van der Waals surface area contributed by atoms with Gasteiger partial charge in [-0.1, -0.05) is 0 Å². The molecule has 1 aliphatic heterocycles. The van der Waals surface area contributed by atoms with Gasteiger partial charge in [-0.05, 0) is 44.2 Å². The van der Waals surface area contributed by atoms with Gasteiger partial charge in [0, 0.05) is 17.8 Å². The van der Waals surface area contributed by atoms with Crippen molar-refractivity contribution in [2.75, 3.05) is 17.7 Å². The number of hydrogen-bond donors (Lipinski definition) is 3. The molecule has 1 aromatic carbocycles. The maximum atomic E-state index is 11.7. The zero-order chi connectivity index (χ0) is 13.1. The lowest BCUT2D eigenvalue weighted by molar-refractivity contribution is -0.118. The Bertz CT molecular complexity index is 485. The van der Waals surface area contributed by atoms with Crippen LogP contribution in [0.5, 0.6) is 0 Å². The normalized spacial score (nSPS) is 15.6. The molecular weight excluding hydrogens is 230 g/mol. The summed E-state index contributed by atoms with van der Waals surface area (Å²) in [5.74, 6) is -0.0274. The van der Waals surface area contributed by atoms with Crippen molar-refractivity contribution in [1.29, 1.82) is 0 Å². The third-order valence-electron chi connectivity index (χ3n) is 3.09. The molecule has 5 heteroatoms. The van der Waals surface area contributed by atoms with Gasteiger partial charge < -0.3 is 16.0 Å². The van der Waals surface area contributed by atoms with Gasteiger partial charge in [-0.2, -0.15) is 0 Å². The van der Waals surface area contributed by atoms with Gasteiger partial charge in [-0.15, -0.1) is 0 Å². The van der Waals surface area contributed by atoms with Crippen LogP contribution in [0.25, 0.3) is 0 Å². The number of hydrogen-bond acceptors (Lipinski definition) is 3. The van der Waals surface area contributed by atoms with E-state index in [9.17, 15) is 9.59 Å². The van der Waals surface area contributed by atoms with Gasteiger partial charge in [0.25, 0.3) is 0 Å². The smallest absolute Gasteiger partial charge is 0.241 e. The van der Waals surface area contributed by atoms with Crippen molar-refractivity contribution < 1.29 is 9.59 Å². The maximum absolute atomic E-state index is 11.7. The van der Waals surface area contributed by atoms with Gasteiger partial charge in [0.2, 0.25) is 11.8 Å². The fourth-order valence-electron chi connectivity index (χ4n) is 1.84. The van der Waals surface area contributed by atoms with Crippen LogP contribution in [0.1, 0.15) is 18.9 Å². The average molecular weight is 247 g/mol. The zero-order valence-electron chi connectivity index (χ0n) is 10.5. The van der Waals surface area contributed by atoms with Crippen LogP contribution in [-0.4, -0.2) is 24.9 Å². The van der Waals surface area contributed by atoms with Crippen molar-refractivity contribution in [2.45, 2.75) is 25.8 Å². The van der Waals surface area contributed by atoms with Crippen LogP contribution >= 0.6 is 0 Å². The largest absolute Gasteiger partial charge is 0.326 e. The lowest BCUT2D eigenvalue weighted by Crippen LogP contribution is -2.35. The van der Waals surface area contributed by atoms with E-state index in [1.165, 1.54) is 0 Å². The Labute approximate surface area is 106 Å². The summed E-state index contributed by atoms with van der Waals surface area (Å²) in [6.07, 6.45) is 1.21. The van der Waals surface area contributed by atoms with Crippen molar-refractivity contribution in [2.24, 2.45) is 0 Å². The summed E-state index contributed by atoms with van der Waals surface area (Å²) in [6.45, 7) is 1.80. The number of likely N-dealkylation sites (N-methyl/N-ethyl adjacent to an activating group) is 1. The Morgan fingerprint density at radius 1 is 1.39 bits per heavy atom. The second kappa shape index (κ2) is 5.18. The predicted octanol–water partition coefficient (Wildman–Crippen LogP) is 1.12. The maximum Gasteiger partial charge on any atom is 0.241 e. The first kappa shape index (κ1) is 12.6. The Morgan fingerprint density at radius 3 is 2.89 bits per heavy atom. The molecule has 0 saturated carbocycles. The summed E-state index contributed by atoms with van der Waals surface area (Å²) >= 11 is 0. The van der Waals surface area contributed by atoms with E-state index >= 15 is 0 Å². The highest BCUT2D eigenvalue weighted by Crippen LogP contribution is 2.25. The number of benzene rings is 1. The first-order chi connectivity index (χ1) is 8.60. The minimum atomic E-state index is -0.235. The molecule has 0 fully saturated rings. The molecule has 2 rings (SSSR count). The molecule has 1 heterocycles. The van der Waals surface area contributed by atoms with Crippen LogP contribution in [-0.2, 0) is 16.0 Å². The van der Waals surface area contributed by atoms with Crippen LogP contribution in [0.3, 0.4) is 0 Å². The number of nitrogens with one attached hydrogen (secondary N) is 3. The molecule has 0 spiro atoms. The molecule has 0 saturated heterocycles. The van der Waals surface area contributed by atoms with E-state index in [1.54, 1.807) is 20.0 Å². The second-order valence-electron chi connectivity index (χ2n) is 4.42. The molecule has 18 heavy (non-hydrogen) atoms. The Hall–Kier alpha value is -1.88. The molecule has 1 atom stereocenters. The van der Waals surface area contributed by atoms with Crippen LogP contribution in [0.2, 0.25) is 0 Å². The summed E-state index contributed by atoms with van der Waals surface area (Å²) in [6, 6.07) is 5.30. The van der Waals surface area contributed by atoms with Gasteiger partial charge in [0.1, 0.15) is 0 Å². The lowest BCUT2D eigenvalue weighted by atomic mass is 10.0. The Balaban J connectivity index is 2.12. The minimum absolute atomic E-state index is 0.0445. The van der Waals surface area contributed by atoms with Crippen LogP contribution in [0.15, 0.2) is 18.2 Å². The topological polar surface area (TPSA) is 70.2 Å². The highest BCUT2D eigenvalue weighted by Gasteiger charge is 2.16. The van der Waals surface area contributed by atoms with E-state index in [-0.39, 0.29) is 17.9 Å². The molecule has 3 N–H and O–H groups in total. The van der Waals surface area contributed by atoms with Crippen molar-refractivity contribution in [3.8, 4) is 0 Å². The van der Waals surface area contributed by atoms with Crippen LogP contribution in [0, 0.1) is 0 Å². The van der Waals surface area contributed by atoms with Crippen molar-refractivity contribution in [3.05, 3.63) is 23.8 Å². The SMILES string of the molecule is CNC(C)C(=O)Nc1ccc2c(c1)CCC(=O)N2. The molecule has 1 unspecified atom stereocenters. The molecule has 0 aliphatic carbocycles. The van der Waals surface area contributed by atoms with E-state index in [4.69, 9.17) is 0 Å². The molecule has 1 aromatic rings. The third kappa shape index (κ3) is 2.68. The number of fused-ring (bicyclic) bond motifs is 1.